The van der Waals surface area contributed by atoms with Crippen molar-refractivity contribution < 1.29 is 4.39 Å². The molecule has 0 aliphatic rings. The summed E-state index contributed by atoms with van der Waals surface area (Å²) in [5.41, 5.74) is 1.66. The van der Waals surface area contributed by atoms with E-state index in [1.54, 1.807) is 22.8 Å². The number of nitriles is 1. The molecule has 1 N–H and O–H groups in total. The summed E-state index contributed by atoms with van der Waals surface area (Å²) in [6.07, 6.45) is 0. The molecular formula is C14H7ClFN3S. The smallest absolute Gasteiger partial charge is 0.182 e. The van der Waals surface area contributed by atoms with Gasteiger partial charge in [0.2, 0.25) is 0 Å². The van der Waals surface area contributed by atoms with Gasteiger partial charge in [-0.1, -0.05) is 23.7 Å². The molecule has 0 saturated carbocycles. The summed E-state index contributed by atoms with van der Waals surface area (Å²) in [5, 5.41) is 9.62. The Morgan fingerprint density at radius 1 is 1.25 bits per heavy atom. The lowest BCUT2D eigenvalue weighted by atomic mass is 10.1. The normalized spacial score (nSPS) is 10.7. The number of hydrogen-bond acceptors (Lipinski definition) is 2. The molecule has 1 heterocycles. The van der Waals surface area contributed by atoms with Crippen LogP contribution in [0.25, 0.3) is 16.7 Å². The molecule has 0 saturated heterocycles. The van der Waals surface area contributed by atoms with E-state index in [1.807, 2.05) is 12.1 Å². The van der Waals surface area contributed by atoms with Gasteiger partial charge in [-0.3, -0.25) is 4.57 Å². The number of rotatable bonds is 1. The molecule has 0 bridgehead atoms. The van der Waals surface area contributed by atoms with Crippen molar-refractivity contribution >= 4 is 34.9 Å². The zero-order valence-electron chi connectivity index (χ0n) is 10.0. The number of aromatic nitrogens is 2. The fourth-order valence-electron chi connectivity index (χ4n) is 2.16. The second-order valence-electron chi connectivity index (χ2n) is 4.15. The van der Waals surface area contributed by atoms with E-state index in [-0.39, 0.29) is 5.56 Å². The van der Waals surface area contributed by atoms with Crippen LogP contribution in [-0.4, -0.2) is 9.55 Å². The van der Waals surface area contributed by atoms with Crippen LogP contribution < -0.4 is 0 Å². The van der Waals surface area contributed by atoms with Crippen LogP contribution in [0.2, 0.25) is 5.02 Å². The third-order valence-corrected chi connectivity index (χ3v) is 3.59. The average Bonchev–Trinajstić information content (AvgIpc) is 2.76. The first-order chi connectivity index (χ1) is 9.63. The topological polar surface area (TPSA) is 44.5 Å². The van der Waals surface area contributed by atoms with E-state index in [1.165, 1.54) is 12.1 Å². The Morgan fingerprint density at radius 3 is 2.75 bits per heavy atom. The van der Waals surface area contributed by atoms with Crippen LogP contribution in [0.4, 0.5) is 4.39 Å². The summed E-state index contributed by atoms with van der Waals surface area (Å²) in [6, 6.07) is 11.6. The Morgan fingerprint density at radius 2 is 2.00 bits per heavy atom. The number of halogens is 2. The van der Waals surface area contributed by atoms with Crippen LogP contribution in [0.1, 0.15) is 5.56 Å². The van der Waals surface area contributed by atoms with Crippen LogP contribution in [0.5, 0.6) is 0 Å². The second kappa shape index (κ2) is 4.75. The van der Waals surface area contributed by atoms with Gasteiger partial charge in [-0.2, -0.15) is 5.26 Å². The van der Waals surface area contributed by atoms with Gasteiger partial charge in [0.1, 0.15) is 17.4 Å². The minimum Gasteiger partial charge on any atom is -0.330 e. The maximum atomic E-state index is 13.8. The number of nitrogens with one attached hydrogen (secondary N) is 1. The van der Waals surface area contributed by atoms with Gasteiger partial charge in [-0.25, -0.2) is 4.39 Å². The highest BCUT2D eigenvalue weighted by molar-refractivity contribution is 7.71. The first-order valence-corrected chi connectivity index (χ1v) is 6.50. The molecule has 20 heavy (non-hydrogen) atoms. The predicted octanol–water partition coefficient (Wildman–Crippen LogP) is 4.35. The van der Waals surface area contributed by atoms with E-state index in [0.29, 0.717) is 21.0 Å². The molecule has 0 aliphatic carbocycles. The van der Waals surface area contributed by atoms with E-state index in [4.69, 9.17) is 29.1 Å². The summed E-state index contributed by atoms with van der Waals surface area (Å²) < 4.78 is 15.7. The number of hydrogen-bond donors (Lipinski definition) is 1. The second-order valence-corrected chi connectivity index (χ2v) is 4.94. The fourth-order valence-corrected chi connectivity index (χ4v) is 2.71. The molecular weight excluding hydrogens is 297 g/mol. The van der Waals surface area contributed by atoms with Gasteiger partial charge in [0.25, 0.3) is 0 Å². The molecule has 0 atom stereocenters. The van der Waals surface area contributed by atoms with Crippen molar-refractivity contribution in [2.75, 3.05) is 0 Å². The molecule has 0 spiro atoms. The Bertz CT molecular complexity index is 920. The number of benzene rings is 2. The fraction of sp³-hybridized carbons (Fsp3) is 0. The lowest BCUT2D eigenvalue weighted by molar-refractivity contribution is 0.622. The first-order valence-electron chi connectivity index (χ1n) is 5.71. The Hall–Kier alpha value is -2.16. The van der Waals surface area contributed by atoms with Gasteiger partial charge < -0.3 is 4.98 Å². The Kier molecular flexibility index (Phi) is 3.05. The standard InChI is InChI=1S/C14H7ClFN3S/c15-9-3-1-5-11-13(9)19(14(20)18-11)12-6-2-4-10(16)8(12)7-17/h1-6H,(H,18,20). The van der Waals surface area contributed by atoms with Gasteiger partial charge in [0.05, 0.1) is 21.7 Å². The van der Waals surface area contributed by atoms with Crippen molar-refractivity contribution in [3.8, 4) is 11.8 Å². The lowest BCUT2D eigenvalue weighted by Crippen LogP contribution is -2.00. The molecule has 1 aromatic heterocycles. The Labute approximate surface area is 123 Å². The summed E-state index contributed by atoms with van der Waals surface area (Å²) >= 11 is 11.5. The SMILES string of the molecule is N#Cc1c(F)cccc1-n1c(=S)[nH]c2cccc(Cl)c21. The average molecular weight is 304 g/mol. The van der Waals surface area contributed by atoms with E-state index in [0.717, 1.165) is 5.52 Å². The van der Waals surface area contributed by atoms with Gasteiger partial charge in [0, 0.05) is 0 Å². The van der Waals surface area contributed by atoms with Crippen molar-refractivity contribution in [1.29, 1.82) is 5.26 Å². The minimum absolute atomic E-state index is 0.0654. The number of fused-ring (bicyclic) bond motifs is 1. The molecule has 0 unspecified atom stereocenters. The van der Waals surface area contributed by atoms with E-state index in [2.05, 4.69) is 4.98 Å². The largest absolute Gasteiger partial charge is 0.330 e. The van der Waals surface area contributed by atoms with Gasteiger partial charge >= 0.3 is 0 Å². The molecule has 2 aromatic carbocycles. The van der Waals surface area contributed by atoms with Crippen LogP contribution in [0, 0.1) is 21.9 Å². The zero-order chi connectivity index (χ0) is 14.3. The van der Waals surface area contributed by atoms with E-state index in [9.17, 15) is 4.39 Å². The van der Waals surface area contributed by atoms with Crippen molar-refractivity contribution in [3.63, 3.8) is 0 Å². The third-order valence-electron chi connectivity index (χ3n) is 3.00. The molecule has 0 aliphatic heterocycles. The van der Waals surface area contributed by atoms with Gasteiger partial charge in [-0.05, 0) is 36.5 Å². The molecule has 3 aromatic rings. The Balaban J connectivity index is 2.49. The number of nitrogens with zero attached hydrogens (tertiary/aromatic N) is 2. The highest BCUT2D eigenvalue weighted by Crippen LogP contribution is 2.28. The molecule has 0 amide bonds. The minimum atomic E-state index is -0.590. The molecule has 6 heteroatoms. The quantitative estimate of drug-likeness (QED) is 0.679. The molecule has 0 radical (unpaired) electrons. The predicted molar refractivity (Wildman–Crippen MR) is 78.1 cm³/mol. The van der Waals surface area contributed by atoms with E-state index < -0.39 is 5.82 Å². The molecule has 3 nitrogen and oxygen atoms in total. The van der Waals surface area contributed by atoms with Crippen molar-refractivity contribution in [1.82, 2.24) is 9.55 Å². The van der Waals surface area contributed by atoms with Crippen molar-refractivity contribution in [3.05, 3.63) is 57.6 Å². The maximum absolute atomic E-state index is 13.8. The first kappa shape index (κ1) is 12.9. The monoisotopic (exact) mass is 303 g/mol. The number of imidazole rings is 1. The molecule has 98 valence electrons. The zero-order valence-corrected chi connectivity index (χ0v) is 11.6. The van der Waals surface area contributed by atoms with Crippen LogP contribution in [-0.2, 0) is 0 Å². The van der Waals surface area contributed by atoms with E-state index >= 15 is 0 Å². The van der Waals surface area contributed by atoms with Crippen LogP contribution in [0.3, 0.4) is 0 Å². The summed E-state index contributed by atoms with van der Waals surface area (Å²) in [7, 11) is 0. The van der Waals surface area contributed by atoms with Crippen LogP contribution in [0.15, 0.2) is 36.4 Å². The molecule has 3 rings (SSSR count). The summed E-state index contributed by atoms with van der Waals surface area (Å²) in [6.45, 7) is 0. The number of para-hydroxylation sites is 1. The summed E-state index contributed by atoms with van der Waals surface area (Å²) in [5.74, 6) is -0.590. The highest BCUT2D eigenvalue weighted by atomic mass is 35.5. The van der Waals surface area contributed by atoms with Crippen molar-refractivity contribution in [2.24, 2.45) is 0 Å². The number of H-pyrrole nitrogens is 1. The lowest BCUT2D eigenvalue weighted by Gasteiger charge is -2.08. The molecule has 0 fully saturated rings. The summed E-state index contributed by atoms with van der Waals surface area (Å²) in [4.78, 5) is 3.00. The maximum Gasteiger partial charge on any atom is 0.182 e. The van der Waals surface area contributed by atoms with Gasteiger partial charge in [0.15, 0.2) is 4.77 Å². The van der Waals surface area contributed by atoms with Crippen molar-refractivity contribution in [2.45, 2.75) is 0 Å². The van der Waals surface area contributed by atoms with Crippen LogP contribution >= 0.6 is 23.8 Å². The highest BCUT2D eigenvalue weighted by Gasteiger charge is 2.15. The van der Waals surface area contributed by atoms with Gasteiger partial charge in [-0.15, -0.1) is 0 Å². The number of aromatic amines is 1. The third kappa shape index (κ3) is 1.82.